The lowest BCUT2D eigenvalue weighted by Crippen LogP contribution is -2.44. The van der Waals surface area contributed by atoms with Crippen molar-refractivity contribution in [2.75, 3.05) is 32.8 Å². The first-order chi connectivity index (χ1) is 8.14. The normalized spacial score (nSPS) is 22.7. The summed E-state index contributed by atoms with van der Waals surface area (Å²) in [6, 6.07) is -0.178. The maximum absolute atomic E-state index is 11.8. The highest BCUT2D eigenvalue weighted by Gasteiger charge is 2.50. The molecule has 6 nitrogen and oxygen atoms in total. The Morgan fingerprint density at radius 2 is 2.06 bits per heavy atom. The van der Waals surface area contributed by atoms with Crippen molar-refractivity contribution in [2.45, 2.75) is 19.3 Å². The number of urea groups is 1. The Hall–Kier alpha value is -1.30. The molecular formula is C11H18N2O4. The third-order valence-electron chi connectivity index (χ3n) is 3.39. The van der Waals surface area contributed by atoms with Crippen molar-refractivity contribution in [3.63, 3.8) is 0 Å². The van der Waals surface area contributed by atoms with E-state index in [4.69, 9.17) is 9.84 Å². The summed E-state index contributed by atoms with van der Waals surface area (Å²) in [5, 5.41) is 11.7. The first-order valence-electron chi connectivity index (χ1n) is 5.98. The van der Waals surface area contributed by atoms with E-state index in [1.165, 1.54) is 0 Å². The summed E-state index contributed by atoms with van der Waals surface area (Å²) >= 11 is 0. The predicted molar refractivity (Wildman–Crippen MR) is 59.7 cm³/mol. The van der Waals surface area contributed by atoms with Crippen LogP contribution < -0.4 is 5.32 Å². The molecule has 0 aromatic rings. The van der Waals surface area contributed by atoms with Crippen LogP contribution in [-0.2, 0) is 9.53 Å². The number of nitrogens with one attached hydrogen (secondary N) is 1. The van der Waals surface area contributed by atoms with Gasteiger partial charge in [-0.25, -0.2) is 4.79 Å². The lowest BCUT2D eigenvalue weighted by molar-refractivity contribution is -0.143. The zero-order valence-corrected chi connectivity index (χ0v) is 9.78. The van der Waals surface area contributed by atoms with Gasteiger partial charge in [-0.15, -0.1) is 0 Å². The fraction of sp³-hybridized carbons (Fsp3) is 0.818. The molecule has 0 spiro atoms. The van der Waals surface area contributed by atoms with Crippen molar-refractivity contribution >= 4 is 12.0 Å². The summed E-state index contributed by atoms with van der Waals surface area (Å²) in [7, 11) is 0. The number of amides is 2. The van der Waals surface area contributed by atoms with Crippen molar-refractivity contribution in [3.05, 3.63) is 0 Å². The standard InChI is InChI=1S/C11H18N2O4/c14-9(15)11(2-3-11)8-12-10(16)13-4-1-6-17-7-5-13/h1-8H2,(H,12,16)(H,14,15). The molecule has 2 amide bonds. The van der Waals surface area contributed by atoms with Gasteiger partial charge in [-0.2, -0.15) is 0 Å². The number of rotatable bonds is 3. The summed E-state index contributed by atoms with van der Waals surface area (Å²) in [6.45, 7) is 2.72. The van der Waals surface area contributed by atoms with E-state index in [-0.39, 0.29) is 12.6 Å². The second-order valence-corrected chi connectivity index (χ2v) is 4.70. The molecule has 0 aromatic heterocycles. The average molecular weight is 242 g/mol. The minimum atomic E-state index is -0.808. The molecule has 0 aromatic carbocycles. The Labute approximate surface area is 99.9 Å². The molecule has 2 N–H and O–H groups in total. The number of carboxylic acids is 1. The number of aliphatic carboxylic acids is 1. The highest BCUT2D eigenvalue weighted by molar-refractivity contribution is 5.80. The van der Waals surface area contributed by atoms with Crippen LogP contribution in [0.25, 0.3) is 0 Å². The molecule has 2 rings (SSSR count). The number of hydrogen-bond acceptors (Lipinski definition) is 3. The van der Waals surface area contributed by atoms with Crippen LogP contribution in [0.2, 0.25) is 0 Å². The molecule has 1 aliphatic heterocycles. The molecule has 1 heterocycles. The van der Waals surface area contributed by atoms with Crippen molar-refractivity contribution in [2.24, 2.45) is 5.41 Å². The molecule has 17 heavy (non-hydrogen) atoms. The highest BCUT2D eigenvalue weighted by Crippen LogP contribution is 2.45. The van der Waals surface area contributed by atoms with Gasteiger partial charge in [-0.1, -0.05) is 0 Å². The Bertz CT molecular complexity index is 307. The first-order valence-corrected chi connectivity index (χ1v) is 5.98. The van der Waals surface area contributed by atoms with E-state index < -0.39 is 11.4 Å². The van der Waals surface area contributed by atoms with Gasteiger partial charge < -0.3 is 20.1 Å². The van der Waals surface area contributed by atoms with Gasteiger partial charge in [0.2, 0.25) is 0 Å². The molecule has 2 aliphatic rings. The Morgan fingerprint density at radius 1 is 1.29 bits per heavy atom. The number of carboxylic acid groups (broad SMARTS) is 1. The summed E-state index contributed by atoms with van der Waals surface area (Å²) in [4.78, 5) is 24.4. The molecule has 0 bridgehead atoms. The molecule has 0 radical (unpaired) electrons. The van der Waals surface area contributed by atoms with Crippen LogP contribution >= 0.6 is 0 Å². The van der Waals surface area contributed by atoms with Crippen molar-refractivity contribution in [3.8, 4) is 0 Å². The van der Waals surface area contributed by atoms with Crippen LogP contribution in [0.1, 0.15) is 19.3 Å². The summed E-state index contributed by atoms with van der Waals surface area (Å²) < 4.78 is 5.26. The van der Waals surface area contributed by atoms with Crippen molar-refractivity contribution in [1.82, 2.24) is 10.2 Å². The molecule has 1 aliphatic carbocycles. The second kappa shape index (κ2) is 4.91. The number of carbonyl (C=O) groups excluding carboxylic acids is 1. The molecule has 1 saturated heterocycles. The maximum atomic E-state index is 11.8. The number of hydrogen-bond donors (Lipinski definition) is 2. The summed E-state index contributed by atoms with van der Waals surface area (Å²) in [5.41, 5.74) is -0.696. The monoisotopic (exact) mass is 242 g/mol. The van der Waals surface area contributed by atoms with Gasteiger partial charge in [0.05, 0.1) is 12.0 Å². The van der Waals surface area contributed by atoms with Crippen LogP contribution in [0, 0.1) is 5.41 Å². The van der Waals surface area contributed by atoms with Crippen LogP contribution in [0.3, 0.4) is 0 Å². The fourth-order valence-corrected chi connectivity index (χ4v) is 1.92. The lowest BCUT2D eigenvalue weighted by atomic mass is 10.1. The lowest BCUT2D eigenvalue weighted by Gasteiger charge is -2.21. The molecule has 96 valence electrons. The maximum Gasteiger partial charge on any atom is 0.317 e. The highest BCUT2D eigenvalue weighted by atomic mass is 16.5. The predicted octanol–water partition coefficient (Wildman–Crippen LogP) is 0.283. The number of nitrogens with zero attached hydrogens (tertiary/aromatic N) is 1. The molecule has 0 atom stereocenters. The minimum Gasteiger partial charge on any atom is -0.481 e. The Morgan fingerprint density at radius 3 is 2.71 bits per heavy atom. The van der Waals surface area contributed by atoms with E-state index in [9.17, 15) is 9.59 Å². The topological polar surface area (TPSA) is 78.9 Å². The van der Waals surface area contributed by atoms with E-state index in [0.29, 0.717) is 39.1 Å². The van der Waals surface area contributed by atoms with Gasteiger partial charge in [-0.05, 0) is 19.3 Å². The zero-order chi connectivity index (χ0) is 12.3. The minimum absolute atomic E-state index is 0.178. The van der Waals surface area contributed by atoms with E-state index >= 15 is 0 Å². The van der Waals surface area contributed by atoms with Gasteiger partial charge in [-0.3, -0.25) is 4.79 Å². The van der Waals surface area contributed by atoms with Gasteiger partial charge in [0.15, 0.2) is 0 Å². The third kappa shape index (κ3) is 2.88. The first kappa shape index (κ1) is 12.2. The molecular weight excluding hydrogens is 224 g/mol. The second-order valence-electron chi connectivity index (χ2n) is 4.70. The summed E-state index contributed by atoms with van der Waals surface area (Å²) in [6.07, 6.45) is 2.15. The molecule has 6 heteroatoms. The number of carbonyl (C=O) groups is 2. The fourth-order valence-electron chi connectivity index (χ4n) is 1.92. The molecule has 0 unspecified atom stereocenters. The van der Waals surface area contributed by atoms with Crippen LogP contribution in [0.15, 0.2) is 0 Å². The summed E-state index contributed by atoms with van der Waals surface area (Å²) in [5.74, 6) is -0.808. The van der Waals surface area contributed by atoms with E-state index in [1.807, 2.05) is 0 Å². The van der Waals surface area contributed by atoms with E-state index in [1.54, 1.807) is 4.90 Å². The quantitative estimate of drug-likeness (QED) is 0.745. The smallest absolute Gasteiger partial charge is 0.317 e. The molecule has 1 saturated carbocycles. The van der Waals surface area contributed by atoms with E-state index in [0.717, 1.165) is 6.42 Å². The van der Waals surface area contributed by atoms with Gasteiger partial charge in [0.1, 0.15) is 0 Å². The molecule has 2 fully saturated rings. The van der Waals surface area contributed by atoms with Crippen molar-refractivity contribution < 1.29 is 19.4 Å². The third-order valence-corrected chi connectivity index (χ3v) is 3.39. The van der Waals surface area contributed by atoms with Gasteiger partial charge in [0, 0.05) is 26.2 Å². The van der Waals surface area contributed by atoms with Crippen LogP contribution in [0.4, 0.5) is 4.79 Å². The Balaban J connectivity index is 1.78. The van der Waals surface area contributed by atoms with Gasteiger partial charge in [0.25, 0.3) is 0 Å². The van der Waals surface area contributed by atoms with Gasteiger partial charge >= 0.3 is 12.0 Å². The number of ether oxygens (including phenoxy) is 1. The van der Waals surface area contributed by atoms with E-state index in [2.05, 4.69) is 5.32 Å². The van der Waals surface area contributed by atoms with Crippen LogP contribution in [0.5, 0.6) is 0 Å². The average Bonchev–Trinajstić information content (AvgIpc) is 3.11. The van der Waals surface area contributed by atoms with Crippen molar-refractivity contribution in [1.29, 1.82) is 0 Å². The SMILES string of the molecule is O=C(NCC1(C(=O)O)CC1)N1CCCOCC1. The zero-order valence-electron chi connectivity index (χ0n) is 9.78. The largest absolute Gasteiger partial charge is 0.481 e. The van der Waals surface area contributed by atoms with Crippen LogP contribution in [-0.4, -0.2) is 54.9 Å². The Kier molecular flexibility index (Phi) is 3.51.